The summed E-state index contributed by atoms with van der Waals surface area (Å²) in [6, 6.07) is -0.119. The molecule has 1 saturated heterocycles. The maximum Gasteiger partial charge on any atom is 0.323 e. The summed E-state index contributed by atoms with van der Waals surface area (Å²) in [7, 11) is 0. The predicted octanol–water partition coefficient (Wildman–Crippen LogP) is 2.36. The van der Waals surface area contributed by atoms with E-state index in [4.69, 9.17) is 0 Å². The van der Waals surface area contributed by atoms with E-state index in [0.717, 1.165) is 24.3 Å². The van der Waals surface area contributed by atoms with Crippen molar-refractivity contribution in [3.63, 3.8) is 0 Å². The summed E-state index contributed by atoms with van der Waals surface area (Å²) in [5.41, 5.74) is 0. The smallest absolute Gasteiger partial charge is 0.323 e. The number of amides is 2. The fourth-order valence-electron chi connectivity index (χ4n) is 2.49. The fourth-order valence-corrected chi connectivity index (χ4v) is 3.43. The lowest BCUT2D eigenvalue weighted by molar-refractivity contribution is 0.0820. The third-order valence-corrected chi connectivity index (χ3v) is 4.63. The molecular formula is C14H24N4O2S. The van der Waals surface area contributed by atoms with E-state index < -0.39 is 0 Å². The molecule has 6 nitrogen and oxygen atoms in total. The van der Waals surface area contributed by atoms with Gasteiger partial charge in [-0.2, -0.15) is 0 Å². The Bertz CT molecular complexity index is 467. The molecule has 2 rings (SSSR count). The molecule has 118 valence electrons. The van der Waals surface area contributed by atoms with E-state index in [1.54, 1.807) is 4.90 Å². The predicted molar refractivity (Wildman–Crippen MR) is 83.4 cm³/mol. The minimum Gasteiger partial charge on any atom is -0.393 e. The number of nitrogens with one attached hydrogen (secondary N) is 1. The van der Waals surface area contributed by atoms with Crippen LogP contribution in [0, 0.1) is 11.8 Å². The monoisotopic (exact) mass is 312 g/mol. The van der Waals surface area contributed by atoms with Crippen molar-refractivity contribution in [2.24, 2.45) is 11.8 Å². The molecule has 2 N–H and O–H groups in total. The number of anilines is 1. The normalized spacial score (nSPS) is 18.0. The number of hydrogen-bond acceptors (Lipinski definition) is 5. The Morgan fingerprint density at radius 1 is 1.38 bits per heavy atom. The molecule has 7 heteroatoms. The maximum atomic E-state index is 12.2. The second kappa shape index (κ2) is 7.17. The van der Waals surface area contributed by atoms with Gasteiger partial charge in [0.05, 0.1) is 6.10 Å². The van der Waals surface area contributed by atoms with Crippen LogP contribution in [-0.4, -0.2) is 45.4 Å². The molecule has 0 aromatic carbocycles. The van der Waals surface area contributed by atoms with Crippen LogP contribution in [0.2, 0.25) is 0 Å². The second-order valence-corrected chi connectivity index (χ2v) is 7.16. The van der Waals surface area contributed by atoms with Crippen molar-refractivity contribution in [2.45, 2.75) is 46.1 Å². The first-order valence-corrected chi connectivity index (χ1v) is 8.33. The van der Waals surface area contributed by atoms with E-state index in [1.807, 2.05) is 6.92 Å². The van der Waals surface area contributed by atoms with Crippen molar-refractivity contribution < 1.29 is 9.90 Å². The quantitative estimate of drug-likeness (QED) is 0.894. The molecule has 0 spiro atoms. The first kappa shape index (κ1) is 16.2. The van der Waals surface area contributed by atoms with Gasteiger partial charge < -0.3 is 10.0 Å². The highest BCUT2D eigenvalue weighted by atomic mass is 32.1. The zero-order valence-electron chi connectivity index (χ0n) is 12.9. The van der Waals surface area contributed by atoms with Gasteiger partial charge in [0.1, 0.15) is 5.01 Å². The largest absolute Gasteiger partial charge is 0.393 e. The van der Waals surface area contributed by atoms with E-state index >= 15 is 0 Å². The first-order chi connectivity index (χ1) is 9.95. The van der Waals surface area contributed by atoms with Crippen molar-refractivity contribution in [3.8, 4) is 0 Å². The molecule has 0 saturated carbocycles. The molecule has 2 heterocycles. The number of hydrogen-bond donors (Lipinski definition) is 2. The second-order valence-electron chi connectivity index (χ2n) is 6.09. The van der Waals surface area contributed by atoms with Crippen LogP contribution in [0.4, 0.5) is 9.93 Å². The standard InChI is InChI=1S/C14H24N4O2S/c1-9(2)8-12-16-17-13(21-12)15-14(20)18-6-4-11(5-7-18)10(3)19/h9-11,19H,4-8H2,1-3H3,(H,15,17,20). The number of rotatable bonds is 4. The number of aliphatic hydroxyl groups is 1. The van der Waals surface area contributed by atoms with Crippen LogP contribution in [0.1, 0.15) is 38.6 Å². The number of likely N-dealkylation sites (tertiary alicyclic amines) is 1. The van der Waals surface area contributed by atoms with Gasteiger partial charge in [0, 0.05) is 19.5 Å². The fraction of sp³-hybridized carbons (Fsp3) is 0.786. The van der Waals surface area contributed by atoms with Crippen LogP contribution in [0.5, 0.6) is 0 Å². The summed E-state index contributed by atoms with van der Waals surface area (Å²) in [4.78, 5) is 13.9. The number of piperidine rings is 1. The molecule has 1 aromatic heterocycles. The van der Waals surface area contributed by atoms with Gasteiger partial charge in [-0.3, -0.25) is 5.32 Å². The highest BCUT2D eigenvalue weighted by Crippen LogP contribution is 2.22. The average Bonchev–Trinajstić information content (AvgIpc) is 2.85. The maximum absolute atomic E-state index is 12.2. The SMILES string of the molecule is CC(C)Cc1nnc(NC(=O)N2CCC(C(C)O)CC2)s1. The van der Waals surface area contributed by atoms with Crippen molar-refractivity contribution in [3.05, 3.63) is 5.01 Å². The summed E-state index contributed by atoms with van der Waals surface area (Å²) in [5, 5.41) is 22.0. The third-order valence-electron chi connectivity index (χ3n) is 3.77. The van der Waals surface area contributed by atoms with Gasteiger partial charge in [-0.05, 0) is 31.6 Å². The molecule has 1 unspecified atom stereocenters. The highest BCUT2D eigenvalue weighted by molar-refractivity contribution is 7.15. The topological polar surface area (TPSA) is 78.4 Å². The van der Waals surface area contributed by atoms with Gasteiger partial charge in [0.2, 0.25) is 5.13 Å². The Kier molecular flexibility index (Phi) is 5.52. The lowest BCUT2D eigenvalue weighted by Crippen LogP contribution is -2.42. The van der Waals surface area contributed by atoms with E-state index in [9.17, 15) is 9.90 Å². The summed E-state index contributed by atoms with van der Waals surface area (Å²) < 4.78 is 0. The third kappa shape index (κ3) is 4.64. The Labute approximate surface area is 129 Å². The van der Waals surface area contributed by atoms with Crippen LogP contribution in [-0.2, 0) is 6.42 Å². The Morgan fingerprint density at radius 3 is 2.62 bits per heavy atom. The lowest BCUT2D eigenvalue weighted by atomic mass is 9.92. The Balaban J connectivity index is 1.83. The molecule has 1 fully saturated rings. The van der Waals surface area contributed by atoms with E-state index in [-0.39, 0.29) is 12.1 Å². The van der Waals surface area contributed by atoms with Crippen LogP contribution in [0.3, 0.4) is 0 Å². The van der Waals surface area contributed by atoms with Crippen molar-refractivity contribution in [1.29, 1.82) is 0 Å². The molecule has 1 aliphatic heterocycles. The van der Waals surface area contributed by atoms with Crippen molar-refractivity contribution in [1.82, 2.24) is 15.1 Å². The zero-order valence-corrected chi connectivity index (χ0v) is 13.7. The Morgan fingerprint density at radius 2 is 2.05 bits per heavy atom. The van der Waals surface area contributed by atoms with E-state index in [2.05, 4.69) is 29.4 Å². The molecule has 1 aliphatic rings. The number of urea groups is 1. The van der Waals surface area contributed by atoms with Gasteiger partial charge in [-0.15, -0.1) is 10.2 Å². The molecule has 2 amide bonds. The number of carbonyl (C=O) groups is 1. The molecule has 1 atom stereocenters. The number of nitrogens with zero attached hydrogens (tertiary/aromatic N) is 3. The van der Waals surface area contributed by atoms with Gasteiger partial charge in [0.15, 0.2) is 0 Å². The lowest BCUT2D eigenvalue weighted by Gasteiger charge is -2.32. The number of carbonyl (C=O) groups excluding carboxylic acids is 1. The molecule has 0 radical (unpaired) electrons. The van der Waals surface area contributed by atoms with E-state index in [0.29, 0.717) is 30.1 Å². The first-order valence-electron chi connectivity index (χ1n) is 7.52. The Hall–Kier alpha value is -1.21. The number of aliphatic hydroxyl groups excluding tert-OH is 1. The summed E-state index contributed by atoms with van der Waals surface area (Å²) in [5.74, 6) is 0.828. The average molecular weight is 312 g/mol. The van der Waals surface area contributed by atoms with Gasteiger partial charge in [-0.25, -0.2) is 4.79 Å². The summed E-state index contributed by atoms with van der Waals surface area (Å²) in [6.45, 7) is 7.44. The molecule has 21 heavy (non-hydrogen) atoms. The molecule has 0 bridgehead atoms. The van der Waals surface area contributed by atoms with Crippen LogP contribution < -0.4 is 5.32 Å². The van der Waals surface area contributed by atoms with Crippen molar-refractivity contribution in [2.75, 3.05) is 18.4 Å². The van der Waals surface area contributed by atoms with Gasteiger partial charge >= 0.3 is 6.03 Å². The van der Waals surface area contributed by atoms with Gasteiger partial charge in [0.25, 0.3) is 0 Å². The highest BCUT2D eigenvalue weighted by Gasteiger charge is 2.25. The summed E-state index contributed by atoms with van der Waals surface area (Å²) >= 11 is 1.44. The van der Waals surface area contributed by atoms with Crippen LogP contribution in [0.25, 0.3) is 0 Å². The van der Waals surface area contributed by atoms with Crippen LogP contribution in [0.15, 0.2) is 0 Å². The molecular weight excluding hydrogens is 288 g/mol. The van der Waals surface area contributed by atoms with Gasteiger partial charge in [-0.1, -0.05) is 25.2 Å². The zero-order chi connectivity index (χ0) is 15.4. The molecule has 0 aliphatic carbocycles. The van der Waals surface area contributed by atoms with Crippen molar-refractivity contribution >= 4 is 22.5 Å². The minimum absolute atomic E-state index is 0.119. The van der Waals surface area contributed by atoms with Crippen LogP contribution >= 0.6 is 11.3 Å². The summed E-state index contributed by atoms with van der Waals surface area (Å²) in [6.07, 6.45) is 2.28. The van der Waals surface area contributed by atoms with E-state index in [1.165, 1.54) is 11.3 Å². The molecule has 1 aromatic rings. The minimum atomic E-state index is -0.294. The number of aromatic nitrogens is 2.